The molecule has 0 saturated heterocycles. The van der Waals surface area contributed by atoms with Crippen molar-refractivity contribution in [1.29, 1.82) is 0 Å². The number of nitrogens with zero attached hydrogens (tertiary/aromatic N) is 3. The first-order chi connectivity index (χ1) is 10.2. The van der Waals surface area contributed by atoms with Crippen LogP contribution < -0.4 is 5.32 Å². The van der Waals surface area contributed by atoms with E-state index in [1.807, 2.05) is 31.3 Å². The number of aromatic amines is 1. The van der Waals surface area contributed by atoms with Gasteiger partial charge in [-0.2, -0.15) is 5.10 Å². The number of nitrogens with one attached hydrogen (secondary N) is 2. The first kappa shape index (κ1) is 15.4. The highest BCUT2D eigenvalue weighted by atomic mass is 35.5. The van der Waals surface area contributed by atoms with Crippen molar-refractivity contribution in [1.82, 2.24) is 20.4 Å². The molecule has 0 saturated carbocycles. The Kier molecular flexibility index (Phi) is 5.63. The van der Waals surface area contributed by atoms with Gasteiger partial charge in [0.2, 0.25) is 0 Å². The van der Waals surface area contributed by atoms with Crippen molar-refractivity contribution >= 4 is 17.6 Å². The summed E-state index contributed by atoms with van der Waals surface area (Å²) in [6, 6.07) is 9.78. The molecule has 0 amide bonds. The Morgan fingerprint density at radius 3 is 2.95 bits per heavy atom. The highest BCUT2D eigenvalue weighted by Gasteiger charge is 2.07. The van der Waals surface area contributed by atoms with E-state index in [4.69, 9.17) is 11.6 Å². The molecule has 21 heavy (non-hydrogen) atoms. The van der Waals surface area contributed by atoms with Crippen LogP contribution in [0.2, 0.25) is 5.02 Å². The molecular formula is C15H20ClN5. The van der Waals surface area contributed by atoms with Gasteiger partial charge in [0.25, 0.3) is 0 Å². The van der Waals surface area contributed by atoms with Gasteiger partial charge in [-0.25, -0.2) is 4.99 Å². The predicted octanol–water partition coefficient (Wildman–Crippen LogP) is 2.66. The summed E-state index contributed by atoms with van der Waals surface area (Å²) in [5.41, 5.74) is 2.14. The lowest BCUT2D eigenvalue weighted by Crippen LogP contribution is -2.38. The lowest BCUT2D eigenvalue weighted by molar-refractivity contribution is 0.476. The Morgan fingerprint density at radius 1 is 1.43 bits per heavy atom. The van der Waals surface area contributed by atoms with Crippen molar-refractivity contribution in [3.8, 4) is 0 Å². The third-order valence-electron chi connectivity index (χ3n) is 2.96. The molecule has 0 unspecified atom stereocenters. The van der Waals surface area contributed by atoms with Crippen molar-refractivity contribution < 1.29 is 0 Å². The molecule has 0 aliphatic rings. The van der Waals surface area contributed by atoms with Crippen LogP contribution in [0.15, 0.2) is 41.5 Å². The molecule has 0 aliphatic carbocycles. The summed E-state index contributed by atoms with van der Waals surface area (Å²) in [6.45, 7) is 4.19. The van der Waals surface area contributed by atoms with E-state index in [0.29, 0.717) is 6.54 Å². The van der Waals surface area contributed by atoms with Crippen LogP contribution in [0.25, 0.3) is 0 Å². The first-order valence-corrected chi connectivity index (χ1v) is 7.29. The second-order valence-corrected chi connectivity index (χ2v) is 5.17. The normalized spacial score (nSPS) is 11.5. The van der Waals surface area contributed by atoms with Gasteiger partial charge >= 0.3 is 0 Å². The highest BCUT2D eigenvalue weighted by molar-refractivity contribution is 6.30. The topological polar surface area (TPSA) is 56.3 Å². The maximum absolute atomic E-state index is 6.02. The van der Waals surface area contributed by atoms with E-state index >= 15 is 0 Å². The zero-order valence-corrected chi connectivity index (χ0v) is 13.1. The third kappa shape index (κ3) is 4.79. The van der Waals surface area contributed by atoms with E-state index in [9.17, 15) is 0 Å². The molecule has 0 aliphatic heterocycles. The minimum Gasteiger partial charge on any atom is -0.357 e. The summed E-state index contributed by atoms with van der Waals surface area (Å²) >= 11 is 6.02. The molecule has 1 heterocycles. The van der Waals surface area contributed by atoms with Crippen LogP contribution >= 0.6 is 11.6 Å². The van der Waals surface area contributed by atoms with Crippen LogP contribution in [0.4, 0.5) is 0 Å². The predicted molar refractivity (Wildman–Crippen MR) is 86.3 cm³/mol. The highest BCUT2D eigenvalue weighted by Crippen LogP contribution is 2.12. The Bertz CT molecular complexity index is 580. The van der Waals surface area contributed by atoms with Gasteiger partial charge in [-0.15, -0.1) is 0 Å². The quantitative estimate of drug-likeness (QED) is 0.659. The molecule has 6 heteroatoms. The minimum absolute atomic E-state index is 0.572. The van der Waals surface area contributed by atoms with E-state index < -0.39 is 0 Å². The van der Waals surface area contributed by atoms with E-state index in [2.05, 4.69) is 38.4 Å². The van der Waals surface area contributed by atoms with Gasteiger partial charge in [-0.3, -0.25) is 5.10 Å². The van der Waals surface area contributed by atoms with Gasteiger partial charge in [0.15, 0.2) is 5.96 Å². The smallest absolute Gasteiger partial charge is 0.194 e. The lowest BCUT2D eigenvalue weighted by Gasteiger charge is -2.22. The third-order valence-corrected chi connectivity index (χ3v) is 3.20. The zero-order chi connectivity index (χ0) is 15.1. The van der Waals surface area contributed by atoms with Crippen molar-refractivity contribution in [2.45, 2.75) is 20.0 Å². The Balaban J connectivity index is 2.04. The average Bonchev–Trinajstić information content (AvgIpc) is 2.96. The van der Waals surface area contributed by atoms with Crippen LogP contribution in [0, 0.1) is 0 Å². The van der Waals surface area contributed by atoms with Crippen molar-refractivity contribution in [2.75, 3.05) is 13.6 Å². The largest absolute Gasteiger partial charge is 0.357 e. The average molecular weight is 306 g/mol. The molecule has 0 fully saturated rings. The van der Waals surface area contributed by atoms with Gasteiger partial charge in [-0.1, -0.05) is 23.7 Å². The zero-order valence-electron chi connectivity index (χ0n) is 12.3. The number of hydrogen-bond donors (Lipinski definition) is 2. The molecule has 1 aromatic carbocycles. The fourth-order valence-corrected chi connectivity index (χ4v) is 2.20. The van der Waals surface area contributed by atoms with E-state index in [0.717, 1.165) is 35.3 Å². The van der Waals surface area contributed by atoms with Crippen molar-refractivity contribution in [3.05, 3.63) is 52.8 Å². The fraction of sp³-hybridized carbons (Fsp3) is 0.333. The minimum atomic E-state index is 0.572. The number of hydrogen-bond acceptors (Lipinski definition) is 2. The second kappa shape index (κ2) is 7.69. The maximum atomic E-state index is 6.02. The number of guanidine groups is 1. The molecule has 1 aromatic heterocycles. The fourth-order valence-electron chi connectivity index (χ4n) is 1.99. The van der Waals surface area contributed by atoms with E-state index in [1.54, 1.807) is 6.20 Å². The van der Waals surface area contributed by atoms with E-state index in [1.165, 1.54) is 0 Å². The number of aromatic nitrogens is 2. The van der Waals surface area contributed by atoms with Crippen LogP contribution in [0.3, 0.4) is 0 Å². The van der Waals surface area contributed by atoms with Crippen LogP contribution in [-0.2, 0) is 13.1 Å². The van der Waals surface area contributed by atoms with Gasteiger partial charge in [0, 0.05) is 31.4 Å². The van der Waals surface area contributed by atoms with Crippen molar-refractivity contribution in [3.63, 3.8) is 0 Å². The molecular weight excluding hydrogens is 286 g/mol. The summed E-state index contributed by atoms with van der Waals surface area (Å²) in [6.07, 6.45) is 1.73. The Hall–Kier alpha value is -2.01. The molecule has 0 radical (unpaired) electrons. The first-order valence-electron chi connectivity index (χ1n) is 6.91. The van der Waals surface area contributed by atoms with Gasteiger partial charge in [-0.05, 0) is 30.7 Å². The molecule has 5 nitrogen and oxygen atoms in total. The van der Waals surface area contributed by atoms with Crippen LogP contribution in [0.1, 0.15) is 18.2 Å². The van der Waals surface area contributed by atoms with Gasteiger partial charge in [0.05, 0.1) is 12.2 Å². The number of H-pyrrole nitrogens is 1. The Labute approximate surface area is 130 Å². The number of aliphatic imine (C=N–C) groups is 1. The molecule has 112 valence electrons. The number of benzene rings is 1. The summed E-state index contributed by atoms with van der Waals surface area (Å²) in [5, 5.41) is 10.9. The van der Waals surface area contributed by atoms with Crippen LogP contribution in [-0.4, -0.2) is 34.6 Å². The molecule has 0 spiro atoms. The maximum Gasteiger partial charge on any atom is 0.194 e. The molecule has 0 bridgehead atoms. The van der Waals surface area contributed by atoms with Gasteiger partial charge in [0.1, 0.15) is 0 Å². The summed E-state index contributed by atoms with van der Waals surface area (Å²) in [5.74, 6) is 0.854. The molecule has 2 N–H and O–H groups in total. The monoisotopic (exact) mass is 305 g/mol. The molecule has 0 atom stereocenters. The Morgan fingerprint density at radius 2 is 2.29 bits per heavy atom. The molecule has 2 aromatic rings. The van der Waals surface area contributed by atoms with Crippen LogP contribution in [0.5, 0.6) is 0 Å². The standard InChI is InChI=1S/C15H20ClN5/c1-3-17-15(18-10-14-7-8-19-20-14)21(2)11-12-5-4-6-13(16)9-12/h4-9H,3,10-11H2,1-2H3,(H,17,18)(H,19,20). The van der Waals surface area contributed by atoms with E-state index in [-0.39, 0.29) is 0 Å². The summed E-state index contributed by atoms with van der Waals surface area (Å²) in [4.78, 5) is 6.68. The SMILES string of the molecule is CCNC(=NCc1ccn[nH]1)N(C)Cc1cccc(Cl)c1. The number of rotatable bonds is 5. The summed E-state index contributed by atoms with van der Waals surface area (Å²) in [7, 11) is 2.01. The van der Waals surface area contributed by atoms with Gasteiger partial charge < -0.3 is 10.2 Å². The lowest BCUT2D eigenvalue weighted by atomic mass is 10.2. The second-order valence-electron chi connectivity index (χ2n) is 4.74. The number of halogens is 1. The van der Waals surface area contributed by atoms with Crippen molar-refractivity contribution in [2.24, 2.45) is 4.99 Å². The summed E-state index contributed by atoms with van der Waals surface area (Å²) < 4.78 is 0. The molecule has 2 rings (SSSR count).